The lowest BCUT2D eigenvalue weighted by atomic mass is 9.99. The zero-order valence-corrected chi connectivity index (χ0v) is 10.3. The fourth-order valence-corrected chi connectivity index (χ4v) is 2.02. The number of hydrogen-bond donors (Lipinski definition) is 1. The maximum Gasteiger partial charge on any atom is -0.00231 e. The van der Waals surface area contributed by atoms with Gasteiger partial charge in [-0.15, -0.1) is 0 Å². The van der Waals surface area contributed by atoms with Crippen LogP contribution in [-0.4, -0.2) is 6.54 Å². The monoisotopic (exact) mass is 225 g/mol. The van der Waals surface area contributed by atoms with Crippen molar-refractivity contribution in [1.82, 2.24) is 0 Å². The Morgan fingerprint density at radius 1 is 0.882 bits per heavy atom. The standard InChI is InChI=1S/C16H19N/c1-13-4-2-3-5-16(13)12-15-8-6-14(7-9-15)10-11-17/h2-9H,10-12,17H2,1H3. The third-order valence-electron chi connectivity index (χ3n) is 3.11. The Hall–Kier alpha value is -1.60. The smallest absolute Gasteiger partial charge is 0.00231 e. The van der Waals surface area contributed by atoms with E-state index in [2.05, 4.69) is 55.5 Å². The molecule has 2 aromatic rings. The van der Waals surface area contributed by atoms with Crippen molar-refractivity contribution in [3.8, 4) is 0 Å². The summed E-state index contributed by atoms with van der Waals surface area (Å²) in [6.45, 7) is 2.88. The van der Waals surface area contributed by atoms with Crippen molar-refractivity contribution in [1.29, 1.82) is 0 Å². The van der Waals surface area contributed by atoms with Gasteiger partial charge in [-0.25, -0.2) is 0 Å². The highest BCUT2D eigenvalue weighted by Gasteiger charge is 1.99. The molecular weight excluding hydrogens is 206 g/mol. The van der Waals surface area contributed by atoms with Gasteiger partial charge in [-0.3, -0.25) is 0 Å². The zero-order chi connectivity index (χ0) is 12.1. The minimum absolute atomic E-state index is 0.719. The van der Waals surface area contributed by atoms with E-state index >= 15 is 0 Å². The second kappa shape index (κ2) is 5.65. The van der Waals surface area contributed by atoms with Crippen LogP contribution in [0.15, 0.2) is 48.5 Å². The molecular formula is C16H19N. The Morgan fingerprint density at radius 2 is 1.53 bits per heavy atom. The molecule has 0 amide bonds. The normalized spacial score (nSPS) is 10.5. The van der Waals surface area contributed by atoms with Crippen LogP contribution in [0, 0.1) is 6.92 Å². The molecule has 0 saturated carbocycles. The number of aryl methyl sites for hydroxylation is 1. The van der Waals surface area contributed by atoms with Gasteiger partial charge in [0.05, 0.1) is 0 Å². The van der Waals surface area contributed by atoms with Gasteiger partial charge in [0, 0.05) is 0 Å². The Labute approximate surface area is 103 Å². The van der Waals surface area contributed by atoms with Crippen molar-refractivity contribution in [2.24, 2.45) is 5.73 Å². The van der Waals surface area contributed by atoms with Crippen molar-refractivity contribution in [3.63, 3.8) is 0 Å². The molecule has 88 valence electrons. The van der Waals surface area contributed by atoms with Gasteiger partial charge >= 0.3 is 0 Å². The third kappa shape index (κ3) is 3.18. The second-order valence-electron chi connectivity index (χ2n) is 4.46. The summed E-state index contributed by atoms with van der Waals surface area (Å²) in [7, 11) is 0. The number of hydrogen-bond acceptors (Lipinski definition) is 1. The van der Waals surface area contributed by atoms with E-state index < -0.39 is 0 Å². The summed E-state index contributed by atoms with van der Waals surface area (Å²) in [5.74, 6) is 0. The van der Waals surface area contributed by atoms with E-state index in [4.69, 9.17) is 5.73 Å². The predicted octanol–water partition coefficient (Wildman–Crippen LogP) is 3.09. The quantitative estimate of drug-likeness (QED) is 0.850. The summed E-state index contributed by atoms with van der Waals surface area (Å²) in [4.78, 5) is 0. The molecule has 2 rings (SSSR count). The highest BCUT2D eigenvalue weighted by molar-refractivity contribution is 5.33. The van der Waals surface area contributed by atoms with E-state index in [9.17, 15) is 0 Å². The van der Waals surface area contributed by atoms with Crippen LogP contribution in [-0.2, 0) is 12.8 Å². The van der Waals surface area contributed by atoms with E-state index in [1.165, 1.54) is 22.3 Å². The van der Waals surface area contributed by atoms with Crippen LogP contribution in [0.4, 0.5) is 0 Å². The molecule has 1 nitrogen and oxygen atoms in total. The van der Waals surface area contributed by atoms with E-state index in [0.717, 1.165) is 19.4 Å². The average Bonchev–Trinajstić information content (AvgIpc) is 2.35. The van der Waals surface area contributed by atoms with Crippen LogP contribution in [0.3, 0.4) is 0 Å². The minimum Gasteiger partial charge on any atom is -0.330 e. The average molecular weight is 225 g/mol. The highest BCUT2D eigenvalue weighted by Crippen LogP contribution is 2.14. The van der Waals surface area contributed by atoms with Gasteiger partial charge in [0.2, 0.25) is 0 Å². The molecule has 0 spiro atoms. The first-order valence-electron chi connectivity index (χ1n) is 6.12. The fourth-order valence-electron chi connectivity index (χ4n) is 2.02. The molecule has 0 aliphatic heterocycles. The molecule has 2 aromatic carbocycles. The Kier molecular flexibility index (Phi) is 3.94. The van der Waals surface area contributed by atoms with Crippen molar-refractivity contribution in [2.75, 3.05) is 6.54 Å². The zero-order valence-electron chi connectivity index (χ0n) is 10.3. The summed E-state index contributed by atoms with van der Waals surface area (Å²) < 4.78 is 0. The van der Waals surface area contributed by atoms with Gasteiger partial charge in [0.25, 0.3) is 0 Å². The molecule has 0 fully saturated rings. The SMILES string of the molecule is Cc1ccccc1Cc1ccc(CCN)cc1. The first-order valence-corrected chi connectivity index (χ1v) is 6.12. The highest BCUT2D eigenvalue weighted by atomic mass is 14.5. The van der Waals surface area contributed by atoms with Gasteiger partial charge in [-0.05, 0) is 48.6 Å². The molecule has 0 aromatic heterocycles. The maximum absolute atomic E-state index is 5.54. The van der Waals surface area contributed by atoms with Crippen LogP contribution in [0.25, 0.3) is 0 Å². The van der Waals surface area contributed by atoms with E-state index in [-0.39, 0.29) is 0 Å². The predicted molar refractivity (Wildman–Crippen MR) is 73.2 cm³/mol. The summed E-state index contributed by atoms with van der Waals surface area (Å²) >= 11 is 0. The van der Waals surface area contributed by atoms with Crippen LogP contribution < -0.4 is 5.73 Å². The maximum atomic E-state index is 5.54. The largest absolute Gasteiger partial charge is 0.330 e. The first kappa shape index (κ1) is 11.9. The van der Waals surface area contributed by atoms with Gasteiger partial charge in [0.1, 0.15) is 0 Å². The second-order valence-corrected chi connectivity index (χ2v) is 4.46. The van der Waals surface area contributed by atoms with E-state index in [1.54, 1.807) is 0 Å². The molecule has 0 radical (unpaired) electrons. The topological polar surface area (TPSA) is 26.0 Å². The molecule has 0 bridgehead atoms. The van der Waals surface area contributed by atoms with E-state index in [1.807, 2.05) is 0 Å². The molecule has 0 atom stereocenters. The van der Waals surface area contributed by atoms with Crippen molar-refractivity contribution in [3.05, 3.63) is 70.8 Å². The Morgan fingerprint density at radius 3 is 2.18 bits per heavy atom. The first-order chi connectivity index (χ1) is 8.29. The molecule has 17 heavy (non-hydrogen) atoms. The summed E-state index contributed by atoms with van der Waals surface area (Å²) in [6.07, 6.45) is 1.97. The van der Waals surface area contributed by atoms with Crippen LogP contribution in [0.1, 0.15) is 22.3 Å². The van der Waals surface area contributed by atoms with Crippen LogP contribution >= 0.6 is 0 Å². The van der Waals surface area contributed by atoms with E-state index in [0.29, 0.717) is 0 Å². The molecule has 0 unspecified atom stereocenters. The lowest BCUT2D eigenvalue weighted by Gasteiger charge is -2.06. The minimum atomic E-state index is 0.719. The lowest BCUT2D eigenvalue weighted by Crippen LogP contribution is -2.02. The molecule has 0 aliphatic rings. The van der Waals surface area contributed by atoms with Gasteiger partial charge in [-0.2, -0.15) is 0 Å². The molecule has 0 aliphatic carbocycles. The fraction of sp³-hybridized carbons (Fsp3) is 0.250. The molecule has 0 heterocycles. The van der Waals surface area contributed by atoms with Gasteiger partial charge in [-0.1, -0.05) is 48.5 Å². The van der Waals surface area contributed by atoms with Crippen LogP contribution in [0.5, 0.6) is 0 Å². The summed E-state index contributed by atoms with van der Waals surface area (Å²) in [5, 5.41) is 0. The molecule has 0 saturated heterocycles. The van der Waals surface area contributed by atoms with Crippen molar-refractivity contribution < 1.29 is 0 Å². The van der Waals surface area contributed by atoms with Crippen molar-refractivity contribution >= 4 is 0 Å². The van der Waals surface area contributed by atoms with Gasteiger partial charge in [0.15, 0.2) is 0 Å². The van der Waals surface area contributed by atoms with Gasteiger partial charge < -0.3 is 5.73 Å². The Balaban J connectivity index is 2.11. The Bertz CT molecular complexity index is 471. The van der Waals surface area contributed by atoms with Crippen molar-refractivity contribution in [2.45, 2.75) is 19.8 Å². The third-order valence-corrected chi connectivity index (χ3v) is 3.11. The molecule has 1 heteroatoms. The number of rotatable bonds is 4. The molecule has 2 N–H and O–H groups in total. The number of nitrogens with two attached hydrogens (primary N) is 1. The lowest BCUT2D eigenvalue weighted by molar-refractivity contribution is 0.966. The number of benzene rings is 2. The van der Waals surface area contributed by atoms with Crippen LogP contribution in [0.2, 0.25) is 0 Å². The summed E-state index contributed by atoms with van der Waals surface area (Å²) in [6, 6.07) is 17.3. The summed E-state index contributed by atoms with van der Waals surface area (Å²) in [5.41, 5.74) is 11.0.